The largest absolute Gasteiger partial charge is 0.493 e. The normalized spacial score (nSPS) is 11.7. The smallest absolute Gasteiger partial charge is 0.307 e. The first-order valence-electron chi connectivity index (χ1n) is 9.52. The molecule has 0 saturated heterocycles. The maximum absolute atomic E-state index is 12.2. The lowest BCUT2D eigenvalue weighted by Gasteiger charge is -2.14. The molecule has 0 spiro atoms. The molecule has 158 valence electrons. The van der Waals surface area contributed by atoms with E-state index in [1.54, 1.807) is 26.4 Å². The number of esters is 1. The number of oxazole rings is 1. The minimum Gasteiger partial charge on any atom is -0.493 e. The topological polar surface area (TPSA) is 99.9 Å². The van der Waals surface area contributed by atoms with E-state index in [0.717, 1.165) is 11.1 Å². The van der Waals surface area contributed by atoms with Crippen molar-refractivity contribution in [3.8, 4) is 11.5 Å². The van der Waals surface area contributed by atoms with E-state index in [1.165, 1.54) is 6.92 Å². The Hall–Kier alpha value is -3.55. The second-order valence-electron chi connectivity index (χ2n) is 6.61. The summed E-state index contributed by atoms with van der Waals surface area (Å²) in [6.07, 6.45) is -0.547. The summed E-state index contributed by atoms with van der Waals surface area (Å²) in [6, 6.07) is 12.7. The van der Waals surface area contributed by atoms with Crippen LogP contribution in [0.3, 0.4) is 0 Å². The van der Waals surface area contributed by atoms with Crippen LogP contribution < -0.4 is 14.8 Å². The molecule has 0 aliphatic heterocycles. The standard InChI is InChI=1S/C22H24N2O6/c1-14(22(26)23-13-15-8-9-18(27-2)19(12-15)28-3)29-21(25)11-10-20-24-16-6-4-5-7-17(16)30-20/h4-9,12,14H,10-11,13H2,1-3H3,(H,23,26)/t14-/m1/s1. The number of nitrogens with one attached hydrogen (secondary N) is 1. The van der Waals surface area contributed by atoms with Crippen molar-refractivity contribution in [2.75, 3.05) is 14.2 Å². The third-order valence-electron chi connectivity index (χ3n) is 4.47. The molecule has 1 amide bonds. The average molecular weight is 412 g/mol. The molecule has 8 heteroatoms. The Bertz CT molecular complexity index is 996. The van der Waals surface area contributed by atoms with Crippen molar-refractivity contribution in [1.29, 1.82) is 0 Å². The number of benzene rings is 2. The van der Waals surface area contributed by atoms with Gasteiger partial charge in [-0.25, -0.2) is 4.98 Å². The fourth-order valence-electron chi connectivity index (χ4n) is 2.87. The van der Waals surface area contributed by atoms with E-state index in [0.29, 0.717) is 29.4 Å². The van der Waals surface area contributed by atoms with E-state index in [4.69, 9.17) is 18.6 Å². The summed E-state index contributed by atoms with van der Waals surface area (Å²) < 4.78 is 21.2. The van der Waals surface area contributed by atoms with Crippen molar-refractivity contribution in [2.24, 2.45) is 0 Å². The number of carbonyl (C=O) groups excluding carboxylic acids is 2. The zero-order valence-electron chi connectivity index (χ0n) is 17.1. The molecule has 30 heavy (non-hydrogen) atoms. The highest BCUT2D eigenvalue weighted by molar-refractivity contribution is 5.83. The van der Waals surface area contributed by atoms with Gasteiger partial charge in [0.05, 0.1) is 20.6 Å². The van der Waals surface area contributed by atoms with Crippen LogP contribution in [0.25, 0.3) is 11.1 Å². The van der Waals surface area contributed by atoms with Crippen LogP contribution in [-0.2, 0) is 27.3 Å². The molecule has 0 radical (unpaired) electrons. The van der Waals surface area contributed by atoms with E-state index < -0.39 is 12.1 Å². The number of ether oxygens (including phenoxy) is 3. The summed E-state index contributed by atoms with van der Waals surface area (Å²) in [6.45, 7) is 1.80. The first-order chi connectivity index (χ1) is 14.5. The molecular weight excluding hydrogens is 388 g/mol. The zero-order chi connectivity index (χ0) is 21.5. The predicted molar refractivity (Wildman–Crippen MR) is 109 cm³/mol. The molecule has 1 N–H and O–H groups in total. The van der Waals surface area contributed by atoms with Gasteiger partial charge in [-0.1, -0.05) is 18.2 Å². The first-order valence-corrected chi connectivity index (χ1v) is 9.52. The number of hydrogen-bond acceptors (Lipinski definition) is 7. The van der Waals surface area contributed by atoms with Gasteiger partial charge in [0.15, 0.2) is 29.1 Å². The van der Waals surface area contributed by atoms with Crippen molar-refractivity contribution in [1.82, 2.24) is 10.3 Å². The maximum atomic E-state index is 12.2. The van der Waals surface area contributed by atoms with Gasteiger partial charge in [0.2, 0.25) is 0 Å². The molecule has 2 aromatic carbocycles. The van der Waals surface area contributed by atoms with Gasteiger partial charge < -0.3 is 23.9 Å². The molecule has 0 fully saturated rings. The number of nitrogens with zero attached hydrogens (tertiary/aromatic N) is 1. The first kappa shape index (κ1) is 21.2. The van der Waals surface area contributed by atoms with Crippen LogP contribution in [0.5, 0.6) is 11.5 Å². The quantitative estimate of drug-likeness (QED) is 0.539. The second-order valence-corrected chi connectivity index (χ2v) is 6.61. The number of aryl methyl sites for hydroxylation is 1. The Morgan fingerprint density at radius 2 is 1.87 bits per heavy atom. The summed E-state index contributed by atoms with van der Waals surface area (Å²) in [4.78, 5) is 28.6. The number of amides is 1. The number of rotatable bonds is 9. The zero-order valence-corrected chi connectivity index (χ0v) is 17.1. The molecule has 3 rings (SSSR count). The van der Waals surface area contributed by atoms with Crippen LogP contribution in [0.1, 0.15) is 24.8 Å². The fraction of sp³-hybridized carbons (Fsp3) is 0.318. The molecular formula is C22H24N2O6. The molecule has 0 bridgehead atoms. The highest BCUT2D eigenvalue weighted by atomic mass is 16.5. The Morgan fingerprint density at radius 3 is 2.60 bits per heavy atom. The van der Waals surface area contributed by atoms with Crippen molar-refractivity contribution in [3.63, 3.8) is 0 Å². The highest BCUT2D eigenvalue weighted by Crippen LogP contribution is 2.27. The van der Waals surface area contributed by atoms with Gasteiger partial charge in [0, 0.05) is 13.0 Å². The molecule has 1 heterocycles. The van der Waals surface area contributed by atoms with Crippen molar-refractivity contribution in [2.45, 2.75) is 32.4 Å². The number of fused-ring (bicyclic) bond motifs is 1. The Kier molecular flexibility index (Phi) is 6.90. The van der Waals surface area contributed by atoms with Crippen LogP contribution in [0.2, 0.25) is 0 Å². The minimum atomic E-state index is -0.915. The van der Waals surface area contributed by atoms with Crippen molar-refractivity contribution >= 4 is 23.0 Å². The van der Waals surface area contributed by atoms with Crippen molar-refractivity contribution < 1.29 is 28.2 Å². The Labute approximate surface area is 174 Å². The molecule has 1 atom stereocenters. The second kappa shape index (κ2) is 9.78. The summed E-state index contributed by atoms with van der Waals surface area (Å²) in [5.41, 5.74) is 2.24. The third-order valence-corrected chi connectivity index (χ3v) is 4.47. The molecule has 3 aromatic rings. The van der Waals surface area contributed by atoms with E-state index in [-0.39, 0.29) is 18.9 Å². The monoisotopic (exact) mass is 412 g/mol. The number of carbonyl (C=O) groups is 2. The lowest BCUT2D eigenvalue weighted by molar-refractivity contribution is -0.154. The molecule has 0 aliphatic rings. The Morgan fingerprint density at radius 1 is 1.10 bits per heavy atom. The van der Waals surface area contributed by atoms with Gasteiger partial charge in [-0.2, -0.15) is 0 Å². The SMILES string of the molecule is COc1ccc(CNC(=O)[C@@H](C)OC(=O)CCc2nc3ccccc3o2)cc1OC. The minimum absolute atomic E-state index is 0.0696. The van der Waals surface area contributed by atoms with Gasteiger partial charge in [-0.3, -0.25) is 9.59 Å². The van der Waals surface area contributed by atoms with Crippen molar-refractivity contribution in [3.05, 3.63) is 53.9 Å². The summed E-state index contributed by atoms with van der Waals surface area (Å²) in [5.74, 6) is 0.751. The highest BCUT2D eigenvalue weighted by Gasteiger charge is 2.18. The van der Waals surface area contributed by atoms with E-state index in [9.17, 15) is 9.59 Å². The number of hydrogen-bond donors (Lipinski definition) is 1. The lowest BCUT2D eigenvalue weighted by Crippen LogP contribution is -2.35. The molecule has 1 aromatic heterocycles. The lowest BCUT2D eigenvalue weighted by atomic mass is 10.2. The third kappa shape index (κ3) is 5.28. The number of aromatic nitrogens is 1. The van der Waals surface area contributed by atoms with E-state index >= 15 is 0 Å². The van der Waals surface area contributed by atoms with E-state index in [1.807, 2.05) is 30.3 Å². The van der Waals surface area contributed by atoms with Crippen LogP contribution in [0.4, 0.5) is 0 Å². The van der Waals surface area contributed by atoms with Gasteiger partial charge >= 0.3 is 5.97 Å². The average Bonchev–Trinajstić information content (AvgIpc) is 3.18. The molecule has 0 unspecified atom stereocenters. The van der Waals surface area contributed by atoms with Gasteiger partial charge in [0.25, 0.3) is 5.91 Å². The number of para-hydroxylation sites is 2. The summed E-state index contributed by atoms with van der Waals surface area (Å²) in [5, 5.41) is 2.74. The molecule has 0 aliphatic carbocycles. The fourth-order valence-corrected chi connectivity index (χ4v) is 2.87. The Balaban J connectivity index is 1.45. The van der Waals surface area contributed by atoms with Gasteiger partial charge in [-0.15, -0.1) is 0 Å². The number of methoxy groups -OCH3 is 2. The molecule has 0 saturated carbocycles. The molecule has 8 nitrogen and oxygen atoms in total. The summed E-state index contributed by atoms with van der Waals surface area (Å²) >= 11 is 0. The van der Waals surface area contributed by atoms with Crippen LogP contribution in [-0.4, -0.2) is 37.2 Å². The van der Waals surface area contributed by atoms with Crippen LogP contribution in [0, 0.1) is 0 Å². The predicted octanol–water partition coefficient (Wildman–Crippen LogP) is 3.03. The van der Waals surface area contributed by atoms with Crippen LogP contribution in [0.15, 0.2) is 46.9 Å². The van der Waals surface area contributed by atoms with Crippen LogP contribution >= 0.6 is 0 Å². The van der Waals surface area contributed by atoms with E-state index in [2.05, 4.69) is 10.3 Å². The maximum Gasteiger partial charge on any atom is 0.307 e. The van der Waals surface area contributed by atoms with Gasteiger partial charge in [-0.05, 0) is 36.8 Å². The van der Waals surface area contributed by atoms with Gasteiger partial charge in [0.1, 0.15) is 5.52 Å². The summed E-state index contributed by atoms with van der Waals surface area (Å²) in [7, 11) is 3.10.